The Balaban J connectivity index is 2.66. The summed E-state index contributed by atoms with van der Waals surface area (Å²) in [6.07, 6.45) is -4.40. The van der Waals surface area contributed by atoms with Gasteiger partial charge in [-0.3, -0.25) is 4.57 Å². The molecule has 2 aromatic rings. The first-order chi connectivity index (χ1) is 10.4. The van der Waals surface area contributed by atoms with Gasteiger partial charge in [0.15, 0.2) is 0 Å². The van der Waals surface area contributed by atoms with Gasteiger partial charge in [-0.05, 0) is 38.5 Å². The second-order valence-corrected chi connectivity index (χ2v) is 6.25. The number of fused-ring (bicyclic) bond motifs is 1. The molecule has 0 aliphatic rings. The number of aromatic nitrogens is 1. The Morgan fingerprint density at radius 1 is 1.26 bits per heavy atom. The lowest BCUT2D eigenvalue weighted by molar-refractivity contribution is -0.139. The molecular weight excluding hydrogens is 338 g/mol. The molecule has 23 heavy (non-hydrogen) atoms. The fourth-order valence-electron chi connectivity index (χ4n) is 2.10. The smallest absolute Gasteiger partial charge is 0.419 e. The average Bonchev–Trinajstić information content (AvgIpc) is 2.72. The maximum atomic E-state index is 13.8. The van der Waals surface area contributed by atoms with Gasteiger partial charge < -0.3 is 4.74 Å². The lowest BCUT2D eigenvalue weighted by Crippen LogP contribution is -2.26. The molecule has 3 nitrogen and oxygen atoms in total. The van der Waals surface area contributed by atoms with Crippen molar-refractivity contribution >= 4 is 28.6 Å². The summed E-state index contributed by atoms with van der Waals surface area (Å²) in [6, 6.07) is 1.32. The van der Waals surface area contributed by atoms with Crippen LogP contribution in [0.5, 0.6) is 0 Å². The van der Waals surface area contributed by atoms with Gasteiger partial charge in [-0.25, -0.2) is 9.18 Å². The number of ether oxygens (including phenoxy) is 1. The Hall–Kier alpha value is -1.76. The molecule has 0 saturated carbocycles. The highest BCUT2D eigenvalue weighted by Crippen LogP contribution is 2.35. The number of alkyl halides is 4. The van der Waals surface area contributed by atoms with E-state index in [1.54, 1.807) is 20.8 Å². The Labute approximate surface area is 134 Å². The summed E-state index contributed by atoms with van der Waals surface area (Å²) in [7, 11) is 0. The van der Waals surface area contributed by atoms with Crippen molar-refractivity contribution in [2.75, 3.05) is 0 Å². The highest BCUT2D eigenvalue weighted by molar-refractivity contribution is 6.18. The van der Waals surface area contributed by atoms with Gasteiger partial charge in [0.25, 0.3) is 0 Å². The summed E-state index contributed by atoms with van der Waals surface area (Å²) in [5.74, 6) is -1.59. The molecule has 0 bridgehead atoms. The Kier molecular flexibility index (Phi) is 4.36. The van der Waals surface area contributed by atoms with E-state index < -0.39 is 29.3 Å². The molecule has 0 spiro atoms. The summed E-state index contributed by atoms with van der Waals surface area (Å²) in [6.45, 7) is 4.92. The third-order valence-electron chi connectivity index (χ3n) is 3.02. The molecular formula is C15H14ClF4NO2. The van der Waals surface area contributed by atoms with Crippen LogP contribution in [0.25, 0.3) is 10.9 Å². The number of hydrogen-bond donors (Lipinski definition) is 0. The minimum absolute atomic E-state index is 0.0274. The monoisotopic (exact) mass is 351 g/mol. The minimum atomic E-state index is -4.84. The molecule has 0 aliphatic heterocycles. The summed E-state index contributed by atoms with van der Waals surface area (Å²) in [5.41, 5.74) is -1.96. The zero-order valence-corrected chi connectivity index (χ0v) is 13.3. The molecule has 1 aromatic heterocycles. The maximum Gasteiger partial charge on any atom is 0.419 e. The molecule has 0 aliphatic carbocycles. The van der Waals surface area contributed by atoms with Crippen LogP contribution in [-0.2, 0) is 16.8 Å². The van der Waals surface area contributed by atoms with E-state index in [0.717, 1.165) is 4.57 Å². The third-order valence-corrected chi connectivity index (χ3v) is 3.30. The lowest BCUT2D eigenvalue weighted by Gasteiger charge is -2.19. The molecule has 2 rings (SSSR count). The van der Waals surface area contributed by atoms with Crippen LogP contribution in [0.4, 0.5) is 22.4 Å². The van der Waals surface area contributed by atoms with Gasteiger partial charge in [0.05, 0.1) is 11.1 Å². The van der Waals surface area contributed by atoms with Gasteiger partial charge in [0.1, 0.15) is 11.4 Å². The van der Waals surface area contributed by atoms with Crippen molar-refractivity contribution in [2.24, 2.45) is 0 Å². The van der Waals surface area contributed by atoms with E-state index >= 15 is 0 Å². The minimum Gasteiger partial charge on any atom is -0.443 e. The molecule has 0 amide bonds. The van der Waals surface area contributed by atoms with Crippen molar-refractivity contribution in [1.29, 1.82) is 0 Å². The second-order valence-electron chi connectivity index (χ2n) is 5.99. The van der Waals surface area contributed by atoms with E-state index in [0.29, 0.717) is 12.1 Å². The van der Waals surface area contributed by atoms with E-state index in [2.05, 4.69) is 0 Å². The van der Waals surface area contributed by atoms with Gasteiger partial charge in [0.2, 0.25) is 0 Å². The molecule has 0 fully saturated rings. The Bertz CT molecular complexity index is 759. The van der Waals surface area contributed by atoms with Crippen LogP contribution in [0.3, 0.4) is 0 Å². The van der Waals surface area contributed by atoms with E-state index in [1.165, 1.54) is 6.20 Å². The molecule has 1 heterocycles. The average molecular weight is 352 g/mol. The van der Waals surface area contributed by atoms with Gasteiger partial charge >= 0.3 is 12.3 Å². The molecule has 126 valence electrons. The predicted octanol–water partition coefficient (Wildman–Crippen LogP) is 5.32. The lowest BCUT2D eigenvalue weighted by atomic mass is 10.1. The quantitative estimate of drug-likeness (QED) is 0.514. The zero-order valence-electron chi connectivity index (χ0n) is 12.6. The van der Waals surface area contributed by atoms with E-state index in [1.807, 2.05) is 0 Å². The SMILES string of the molecule is CC(C)(C)OC(=O)n1cc(CCl)c2cc(C(F)(F)F)c(F)cc21. The molecule has 8 heteroatoms. The van der Waals surface area contributed by atoms with E-state index in [-0.39, 0.29) is 22.3 Å². The zero-order chi connectivity index (χ0) is 17.6. The molecule has 0 unspecified atom stereocenters. The van der Waals surface area contributed by atoms with Crippen molar-refractivity contribution < 1.29 is 27.1 Å². The normalized spacial score (nSPS) is 12.7. The van der Waals surface area contributed by atoms with Gasteiger partial charge in [-0.2, -0.15) is 13.2 Å². The van der Waals surface area contributed by atoms with Crippen LogP contribution < -0.4 is 0 Å². The number of carbonyl (C=O) groups is 1. The summed E-state index contributed by atoms with van der Waals surface area (Å²) in [4.78, 5) is 12.1. The first kappa shape index (κ1) is 17.6. The molecule has 0 saturated heterocycles. The van der Waals surface area contributed by atoms with Crippen LogP contribution in [0.2, 0.25) is 0 Å². The maximum absolute atomic E-state index is 13.8. The van der Waals surface area contributed by atoms with Crippen molar-refractivity contribution in [3.8, 4) is 0 Å². The summed E-state index contributed by atoms with van der Waals surface area (Å²) < 4.78 is 58.4. The van der Waals surface area contributed by atoms with Crippen molar-refractivity contribution in [3.05, 3.63) is 35.3 Å². The number of nitrogens with zero attached hydrogens (tertiary/aromatic N) is 1. The molecule has 1 aromatic carbocycles. The number of carbonyl (C=O) groups excluding carboxylic acids is 1. The van der Waals surface area contributed by atoms with Crippen LogP contribution in [-0.4, -0.2) is 16.3 Å². The van der Waals surface area contributed by atoms with Gasteiger partial charge in [0, 0.05) is 17.5 Å². The first-order valence-corrected chi connectivity index (χ1v) is 7.17. The van der Waals surface area contributed by atoms with E-state index in [9.17, 15) is 22.4 Å². The summed E-state index contributed by atoms with van der Waals surface area (Å²) >= 11 is 5.72. The standard InChI is InChI=1S/C15H14ClF4NO2/c1-14(2,3)23-13(22)21-7-8(6-16)9-4-10(15(18,19)20)11(17)5-12(9)21/h4-5,7H,6H2,1-3H3. The fraction of sp³-hybridized carbons (Fsp3) is 0.400. The Morgan fingerprint density at radius 2 is 1.87 bits per heavy atom. The van der Waals surface area contributed by atoms with Gasteiger partial charge in [-0.15, -0.1) is 11.6 Å². The van der Waals surface area contributed by atoms with Crippen molar-refractivity contribution in [2.45, 2.75) is 38.4 Å². The van der Waals surface area contributed by atoms with Crippen LogP contribution >= 0.6 is 11.6 Å². The van der Waals surface area contributed by atoms with Crippen molar-refractivity contribution in [3.63, 3.8) is 0 Å². The van der Waals surface area contributed by atoms with Crippen LogP contribution in [0.15, 0.2) is 18.3 Å². The number of benzene rings is 1. The third kappa shape index (κ3) is 3.60. The van der Waals surface area contributed by atoms with Crippen LogP contribution in [0.1, 0.15) is 31.9 Å². The highest BCUT2D eigenvalue weighted by atomic mass is 35.5. The fourth-order valence-corrected chi connectivity index (χ4v) is 2.31. The highest BCUT2D eigenvalue weighted by Gasteiger charge is 2.35. The number of halogens is 5. The Morgan fingerprint density at radius 3 is 2.35 bits per heavy atom. The van der Waals surface area contributed by atoms with E-state index in [4.69, 9.17) is 16.3 Å². The summed E-state index contributed by atoms with van der Waals surface area (Å²) in [5, 5.41) is 0.0552. The molecule has 0 atom stereocenters. The topological polar surface area (TPSA) is 31.2 Å². The van der Waals surface area contributed by atoms with Gasteiger partial charge in [-0.1, -0.05) is 0 Å². The predicted molar refractivity (Wildman–Crippen MR) is 78.1 cm³/mol. The largest absolute Gasteiger partial charge is 0.443 e. The number of rotatable bonds is 1. The molecule has 0 radical (unpaired) electrons. The second kappa shape index (κ2) is 5.70. The number of hydrogen-bond acceptors (Lipinski definition) is 2. The van der Waals surface area contributed by atoms with Crippen LogP contribution in [0, 0.1) is 5.82 Å². The van der Waals surface area contributed by atoms with Crippen molar-refractivity contribution in [1.82, 2.24) is 4.57 Å². The first-order valence-electron chi connectivity index (χ1n) is 6.64. The molecule has 0 N–H and O–H groups in total.